The molecular formula is C31H43NO8. The second-order valence-corrected chi connectivity index (χ2v) is 11.4. The lowest BCUT2D eigenvalue weighted by molar-refractivity contribution is -0.166. The molecule has 4 atom stereocenters. The number of hydrogen-bond acceptors (Lipinski definition) is 8. The minimum atomic E-state index is -0.602. The highest BCUT2D eigenvalue weighted by molar-refractivity contribution is 5.68. The first-order valence-corrected chi connectivity index (χ1v) is 14.0. The molecule has 2 saturated heterocycles. The molecule has 9 nitrogen and oxygen atoms in total. The zero-order valence-electron chi connectivity index (χ0n) is 24.3. The van der Waals surface area contributed by atoms with Gasteiger partial charge in [-0.1, -0.05) is 24.3 Å². The Labute approximate surface area is 237 Å². The van der Waals surface area contributed by atoms with Gasteiger partial charge in [-0.05, 0) is 82.3 Å². The van der Waals surface area contributed by atoms with Gasteiger partial charge in [0.15, 0.2) is 11.9 Å². The minimum absolute atomic E-state index is 0.211. The fourth-order valence-corrected chi connectivity index (χ4v) is 4.40. The van der Waals surface area contributed by atoms with E-state index >= 15 is 0 Å². The number of hydrogen-bond donors (Lipinski definition) is 1. The molecule has 220 valence electrons. The van der Waals surface area contributed by atoms with E-state index in [0.717, 1.165) is 36.1 Å². The lowest BCUT2D eigenvalue weighted by atomic mass is 10.1. The number of amides is 1. The summed E-state index contributed by atoms with van der Waals surface area (Å²) in [7, 11) is 1.65. The van der Waals surface area contributed by atoms with Crippen LogP contribution in [0.3, 0.4) is 0 Å². The molecule has 2 aliphatic heterocycles. The monoisotopic (exact) mass is 557 g/mol. The zero-order chi connectivity index (χ0) is 28.6. The van der Waals surface area contributed by atoms with E-state index in [-0.39, 0.29) is 19.0 Å². The van der Waals surface area contributed by atoms with Gasteiger partial charge in [0.25, 0.3) is 0 Å². The van der Waals surface area contributed by atoms with Crippen molar-refractivity contribution in [3.63, 3.8) is 0 Å². The van der Waals surface area contributed by atoms with E-state index in [9.17, 15) is 4.79 Å². The molecule has 2 fully saturated rings. The van der Waals surface area contributed by atoms with E-state index in [4.69, 9.17) is 33.2 Å². The molecular weight excluding hydrogens is 514 g/mol. The zero-order valence-corrected chi connectivity index (χ0v) is 24.3. The Kier molecular flexibility index (Phi) is 10.3. The maximum atomic E-state index is 12.6. The number of alkyl carbamates (subject to hydrolysis) is 1. The number of carbonyl (C=O) groups is 1. The highest BCUT2D eigenvalue weighted by Crippen LogP contribution is 2.34. The summed E-state index contributed by atoms with van der Waals surface area (Å²) < 4.78 is 40.3. The van der Waals surface area contributed by atoms with Gasteiger partial charge in [-0.2, -0.15) is 0 Å². The van der Waals surface area contributed by atoms with Crippen LogP contribution in [0, 0.1) is 0 Å². The van der Waals surface area contributed by atoms with E-state index in [1.54, 1.807) is 7.11 Å². The first kappa shape index (κ1) is 30.1. The maximum Gasteiger partial charge on any atom is 0.408 e. The molecule has 40 heavy (non-hydrogen) atoms. The Hall–Kier alpha value is -2.85. The summed E-state index contributed by atoms with van der Waals surface area (Å²) >= 11 is 0. The molecule has 0 bridgehead atoms. The highest BCUT2D eigenvalue weighted by Gasteiger charge is 2.51. The van der Waals surface area contributed by atoms with E-state index in [2.05, 4.69) is 5.32 Å². The van der Waals surface area contributed by atoms with Crippen molar-refractivity contribution in [3.05, 3.63) is 59.7 Å². The SMILES string of the molecule is COc1ccc(COC[C@@]2([C@@H](C)Oc3ccc([C@@H](COC4CCCCO4)NC(=O)OC(C)(C)C)cc3)CO2)cc1. The number of ether oxygens (including phenoxy) is 7. The van der Waals surface area contributed by atoms with Crippen molar-refractivity contribution in [2.45, 2.75) is 83.2 Å². The lowest BCUT2D eigenvalue weighted by Gasteiger charge is -2.27. The standard InChI is InChI=1S/C31H43NO8/c1-22(31(21-38-31)20-35-18-23-9-13-25(34-5)14-10-23)39-26-15-11-24(12-16-26)27(32-29(33)40-30(2,3)4)19-37-28-8-6-7-17-36-28/h9-16,22,27-28H,6-8,17-21H2,1-5H3,(H,32,33)/t22-,27-,28?,31+/m1/s1. The molecule has 2 aromatic rings. The van der Waals surface area contributed by atoms with Gasteiger partial charge in [-0.3, -0.25) is 0 Å². The second kappa shape index (κ2) is 13.7. The summed E-state index contributed by atoms with van der Waals surface area (Å²) in [5.41, 5.74) is 0.866. The number of benzene rings is 2. The lowest BCUT2D eigenvalue weighted by Crippen LogP contribution is -2.38. The molecule has 1 amide bonds. The van der Waals surface area contributed by atoms with Crippen molar-refractivity contribution in [2.24, 2.45) is 0 Å². The Morgan fingerprint density at radius 2 is 1.77 bits per heavy atom. The number of nitrogens with one attached hydrogen (secondary N) is 1. The first-order valence-electron chi connectivity index (χ1n) is 14.0. The average Bonchev–Trinajstić information content (AvgIpc) is 3.73. The molecule has 0 radical (unpaired) electrons. The summed E-state index contributed by atoms with van der Waals surface area (Å²) in [6.07, 6.45) is 1.98. The van der Waals surface area contributed by atoms with Crippen LogP contribution in [0.5, 0.6) is 11.5 Å². The fourth-order valence-electron chi connectivity index (χ4n) is 4.40. The number of carbonyl (C=O) groups excluding carboxylic acids is 1. The van der Waals surface area contributed by atoms with Gasteiger partial charge in [0.05, 0.1) is 39.6 Å². The third-order valence-corrected chi connectivity index (χ3v) is 6.90. The molecule has 1 unspecified atom stereocenters. The number of epoxide rings is 1. The highest BCUT2D eigenvalue weighted by atomic mass is 16.7. The Bertz CT molecular complexity index is 1060. The van der Waals surface area contributed by atoms with Gasteiger partial charge in [0, 0.05) is 6.61 Å². The van der Waals surface area contributed by atoms with Gasteiger partial charge in [0.1, 0.15) is 23.2 Å². The van der Waals surface area contributed by atoms with E-state index in [1.807, 2.05) is 76.2 Å². The predicted octanol–water partition coefficient (Wildman–Crippen LogP) is 5.56. The Balaban J connectivity index is 1.31. The van der Waals surface area contributed by atoms with Crippen molar-refractivity contribution in [1.29, 1.82) is 0 Å². The molecule has 0 spiro atoms. The third-order valence-electron chi connectivity index (χ3n) is 6.90. The molecule has 0 saturated carbocycles. The van der Waals surface area contributed by atoms with Crippen molar-refractivity contribution in [1.82, 2.24) is 5.32 Å². The molecule has 0 aromatic heterocycles. The normalized spacial score (nSPS) is 22.2. The van der Waals surface area contributed by atoms with Crippen LogP contribution >= 0.6 is 0 Å². The van der Waals surface area contributed by atoms with Crippen LogP contribution in [0.4, 0.5) is 4.79 Å². The van der Waals surface area contributed by atoms with Gasteiger partial charge in [-0.15, -0.1) is 0 Å². The summed E-state index contributed by atoms with van der Waals surface area (Å²) in [6, 6.07) is 15.0. The van der Waals surface area contributed by atoms with E-state index < -0.39 is 23.3 Å². The first-order chi connectivity index (χ1) is 19.2. The topological polar surface area (TPSA) is 97.0 Å². The molecule has 4 rings (SSSR count). The second-order valence-electron chi connectivity index (χ2n) is 11.4. The average molecular weight is 558 g/mol. The van der Waals surface area contributed by atoms with Crippen LogP contribution in [0.1, 0.15) is 64.1 Å². The van der Waals surface area contributed by atoms with Crippen LogP contribution in [0.2, 0.25) is 0 Å². The molecule has 0 aliphatic carbocycles. The quantitative estimate of drug-likeness (QED) is 0.320. The largest absolute Gasteiger partial charge is 0.497 e. The van der Waals surface area contributed by atoms with Crippen molar-refractivity contribution in [2.75, 3.05) is 33.5 Å². The summed E-state index contributed by atoms with van der Waals surface area (Å²) in [5.74, 6) is 1.52. The summed E-state index contributed by atoms with van der Waals surface area (Å²) in [6.45, 7) is 9.95. The van der Waals surface area contributed by atoms with Gasteiger partial charge in [0.2, 0.25) is 0 Å². The molecule has 2 aliphatic rings. The summed E-state index contributed by atoms with van der Waals surface area (Å²) in [4.78, 5) is 12.6. The van der Waals surface area contributed by atoms with Crippen LogP contribution in [0.25, 0.3) is 0 Å². The molecule has 2 aromatic carbocycles. The molecule has 9 heteroatoms. The predicted molar refractivity (Wildman–Crippen MR) is 150 cm³/mol. The van der Waals surface area contributed by atoms with E-state index in [1.165, 1.54) is 0 Å². The van der Waals surface area contributed by atoms with Crippen molar-refractivity contribution >= 4 is 6.09 Å². The maximum absolute atomic E-state index is 12.6. The summed E-state index contributed by atoms with van der Waals surface area (Å²) in [5, 5.41) is 2.94. The van der Waals surface area contributed by atoms with Crippen LogP contribution in [0.15, 0.2) is 48.5 Å². The third kappa shape index (κ3) is 9.09. The Morgan fingerprint density at radius 1 is 1.07 bits per heavy atom. The number of rotatable bonds is 13. The van der Waals surface area contributed by atoms with Gasteiger partial charge >= 0.3 is 6.09 Å². The van der Waals surface area contributed by atoms with Crippen molar-refractivity contribution < 1.29 is 38.0 Å². The van der Waals surface area contributed by atoms with Crippen LogP contribution in [-0.4, -0.2) is 63.2 Å². The Morgan fingerprint density at radius 3 is 2.38 bits per heavy atom. The fraction of sp³-hybridized carbons (Fsp3) is 0.581. The molecule has 1 N–H and O–H groups in total. The van der Waals surface area contributed by atoms with Crippen LogP contribution < -0.4 is 14.8 Å². The van der Waals surface area contributed by atoms with E-state index in [0.29, 0.717) is 32.2 Å². The van der Waals surface area contributed by atoms with Crippen LogP contribution in [-0.2, 0) is 30.3 Å². The minimum Gasteiger partial charge on any atom is -0.497 e. The molecule has 2 heterocycles. The van der Waals surface area contributed by atoms with Crippen molar-refractivity contribution in [3.8, 4) is 11.5 Å². The van der Waals surface area contributed by atoms with Gasteiger partial charge < -0.3 is 38.5 Å². The van der Waals surface area contributed by atoms with Gasteiger partial charge in [-0.25, -0.2) is 4.79 Å². The smallest absolute Gasteiger partial charge is 0.408 e. The number of methoxy groups -OCH3 is 1.